The SMILES string of the molecule is C=CCNC(C[NH])c1ccccc1. The van der Waals surface area contributed by atoms with E-state index in [0.717, 1.165) is 6.54 Å². The van der Waals surface area contributed by atoms with Gasteiger partial charge in [-0.3, -0.25) is 5.73 Å². The van der Waals surface area contributed by atoms with Crippen molar-refractivity contribution >= 4 is 0 Å². The summed E-state index contributed by atoms with van der Waals surface area (Å²) in [7, 11) is 0. The normalized spacial score (nSPS) is 12.4. The first-order valence-electron chi connectivity index (χ1n) is 4.42. The fraction of sp³-hybridized carbons (Fsp3) is 0.273. The van der Waals surface area contributed by atoms with Crippen LogP contribution in [-0.2, 0) is 0 Å². The van der Waals surface area contributed by atoms with Gasteiger partial charge >= 0.3 is 0 Å². The highest BCUT2D eigenvalue weighted by Crippen LogP contribution is 2.10. The molecule has 69 valence electrons. The smallest absolute Gasteiger partial charge is 0.0463 e. The summed E-state index contributed by atoms with van der Waals surface area (Å²) in [5.74, 6) is 0. The van der Waals surface area contributed by atoms with Gasteiger partial charge in [-0.1, -0.05) is 36.4 Å². The van der Waals surface area contributed by atoms with E-state index in [1.165, 1.54) is 5.56 Å². The van der Waals surface area contributed by atoms with Gasteiger partial charge in [-0.25, -0.2) is 0 Å². The van der Waals surface area contributed by atoms with Crippen LogP contribution in [0, 0.1) is 0 Å². The average Bonchev–Trinajstić information content (AvgIpc) is 2.21. The molecule has 0 saturated heterocycles. The Balaban J connectivity index is 2.61. The van der Waals surface area contributed by atoms with Crippen LogP contribution in [0.15, 0.2) is 43.0 Å². The molecule has 13 heavy (non-hydrogen) atoms. The third-order valence-corrected chi connectivity index (χ3v) is 1.91. The van der Waals surface area contributed by atoms with Crippen molar-refractivity contribution in [2.45, 2.75) is 6.04 Å². The van der Waals surface area contributed by atoms with Crippen LogP contribution in [0.4, 0.5) is 0 Å². The van der Waals surface area contributed by atoms with E-state index in [9.17, 15) is 0 Å². The van der Waals surface area contributed by atoms with E-state index in [-0.39, 0.29) is 6.04 Å². The van der Waals surface area contributed by atoms with E-state index in [4.69, 9.17) is 5.73 Å². The summed E-state index contributed by atoms with van der Waals surface area (Å²) in [6.45, 7) is 4.74. The highest BCUT2D eigenvalue weighted by molar-refractivity contribution is 5.19. The topological polar surface area (TPSA) is 35.8 Å². The van der Waals surface area contributed by atoms with Crippen molar-refractivity contribution in [3.8, 4) is 0 Å². The molecule has 1 radical (unpaired) electrons. The van der Waals surface area contributed by atoms with E-state index in [1.807, 2.05) is 36.4 Å². The molecule has 0 heterocycles. The lowest BCUT2D eigenvalue weighted by Crippen LogP contribution is -2.24. The molecule has 2 N–H and O–H groups in total. The largest absolute Gasteiger partial charge is 0.305 e. The molecule has 0 spiro atoms. The van der Waals surface area contributed by atoms with Crippen molar-refractivity contribution in [1.82, 2.24) is 11.1 Å². The van der Waals surface area contributed by atoms with Crippen molar-refractivity contribution in [2.24, 2.45) is 0 Å². The van der Waals surface area contributed by atoms with Crippen LogP contribution in [-0.4, -0.2) is 13.1 Å². The number of nitrogens with one attached hydrogen (secondary N) is 2. The van der Waals surface area contributed by atoms with Gasteiger partial charge in [0.1, 0.15) is 0 Å². The predicted octanol–water partition coefficient (Wildman–Crippen LogP) is 1.79. The Morgan fingerprint density at radius 3 is 2.62 bits per heavy atom. The van der Waals surface area contributed by atoms with Crippen molar-refractivity contribution in [3.05, 3.63) is 48.6 Å². The molecular weight excluding hydrogens is 160 g/mol. The van der Waals surface area contributed by atoms with Gasteiger partial charge in [0.05, 0.1) is 0 Å². The van der Waals surface area contributed by atoms with Crippen molar-refractivity contribution in [2.75, 3.05) is 13.1 Å². The molecule has 1 rings (SSSR count). The summed E-state index contributed by atoms with van der Waals surface area (Å²) in [5.41, 5.74) is 8.55. The molecule has 1 unspecified atom stereocenters. The Morgan fingerprint density at radius 1 is 1.38 bits per heavy atom. The summed E-state index contributed by atoms with van der Waals surface area (Å²) in [6, 6.07) is 10.2. The van der Waals surface area contributed by atoms with E-state index in [1.54, 1.807) is 0 Å². The summed E-state index contributed by atoms with van der Waals surface area (Å²) in [5, 5.41) is 3.23. The maximum Gasteiger partial charge on any atom is 0.0463 e. The lowest BCUT2D eigenvalue weighted by atomic mass is 10.1. The molecule has 0 aliphatic heterocycles. The van der Waals surface area contributed by atoms with Gasteiger partial charge in [0, 0.05) is 19.1 Å². The monoisotopic (exact) mass is 175 g/mol. The van der Waals surface area contributed by atoms with Gasteiger partial charge in [-0.15, -0.1) is 6.58 Å². The molecule has 1 atom stereocenters. The second kappa shape index (κ2) is 5.51. The first-order valence-corrected chi connectivity index (χ1v) is 4.42. The zero-order valence-electron chi connectivity index (χ0n) is 7.66. The molecule has 2 nitrogen and oxygen atoms in total. The molecule has 0 bridgehead atoms. The van der Waals surface area contributed by atoms with Gasteiger partial charge < -0.3 is 5.32 Å². The first-order chi connectivity index (χ1) is 6.38. The Kier molecular flexibility index (Phi) is 4.23. The highest BCUT2D eigenvalue weighted by Gasteiger charge is 2.06. The molecule has 1 aromatic carbocycles. The summed E-state index contributed by atoms with van der Waals surface area (Å²) in [6.07, 6.45) is 1.81. The van der Waals surface area contributed by atoms with Gasteiger partial charge in [0.2, 0.25) is 0 Å². The van der Waals surface area contributed by atoms with Gasteiger partial charge in [0.25, 0.3) is 0 Å². The van der Waals surface area contributed by atoms with Crippen LogP contribution in [0.5, 0.6) is 0 Å². The summed E-state index contributed by atoms with van der Waals surface area (Å²) in [4.78, 5) is 0. The molecule has 1 aromatic rings. The average molecular weight is 175 g/mol. The van der Waals surface area contributed by atoms with E-state index < -0.39 is 0 Å². The van der Waals surface area contributed by atoms with Crippen LogP contribution in [0.1, 0.15) is 11.6 Å². The summed E-state index contributed by atoms with van der Waals surface area (Å²) >= 11 is 0. The Bertz CT molecular complexity index is 244. The number of hydrogen-bond acceptors (Lipinski definition) is 1. The lowest BCUT2D eigenvalue weighted by Gasteiger charge is -2.15. The maximum atomic E-state index is 7.38. The van der Waals surface area contributed by atoms with Crippen LogP contribution >= 0.6 is 0 Å². The minimum atomic E-state index is 0.124. The molecule has 0 aromatic heterocycles. The quantitative estimate of drug-likeness (QED) is 0.680. The number of rotatable bonds is 5. The summed E-state index contributed by atoms with van der Waals surface area (Å²) < 4.78 is 0. The van der Waals surface area contributed by atoms with Gasteiger partial charge in [-0.05, 0) is 5.56 Å². The van der Waals surface area contributed by atoms with Gasteiger partial charge in [-0.2, -0.15) is 0 Å². The molecule has 0 fully saturated rings. The zero-order chi connectivity index (χ0) is 9.52. The highest BCUT2D eigenvalue weighted by atomic mass is 14.9. The molecule has 2 heteroatoms. The van der Waals surface area contributed by atoms with Crippen molar-refractivity contribution in [3.63, 3.8) is 0 Å². The fourth-order valence-electron chi connectivity index (χ4n) is 1.22. The standard InChI is InChI=1S/C11H15N2/c1-2-8-13-11(9-12)10-6-4-3-5-7-10/h2-7,11-13H,1,8-9H2. The maximum absolute atomic E-state index is 7.38. The van der Waals surface area contributed by atoms with Crippen LogP contribution in [0.3, 0.4) is 0 Å². The van der Waals surface area contributed by atoms with E-state index in [0.29, 0.717) is 6.54 Å². The van der Waals surface area contributed by atoms with Crippen LogP contribution in [0.2, 0.25) is 0 Å². The first kappa shape index (κ1) is 9.96. The third kappa shape index (κ3) is 3.01. The van der Waals surface area contributed by atoms with E-state index in [2.05, 4.69) is 11.9 Å². The lowest BCUT2D eigenvalue weighted by molar-refractivity contribution is 0.571. The van der Waals surface area contributed by atoms with Crippen LogP contribution < -0.4 is 11.1 Å². The zero-order valence-corrected chi connectivity index (χ0v) is 7.66. The Hall–Kier alpha value is -1.12. The van der Waals surface area contributed by atoms with Crippen LogP contribution in [0.25, 0.3) is 0 Å². The third-order valence-electron chi connectivity index (χ3n) is 1.91. The molecule has 0 aliphatic carbocycles. The minimum absolute atomic E-state index is 0.124. The Labute approximate surface area is 79.5 Å². The second-order valence-corrected chi connectivity index (χ2v) is 2.86. The van der Waals surface area contributed by atoms with E-state index >= 15 is 0 Å². The number of benzene rings is 1. The fourth-order valence-corrected chi connectivity index (χ4v) is 1.22. The second-order valence-electron chi connectivity index (χ2n) is 2.86. The molecule has 0 aliphatic rings. The molecule has 0 amide bonds. The van der Waals surface area contributed by atoms with Crippen molar-refractivity contribution < 1.29 is 0 Å². The minimum Gasteiger partial charge on any atom is -0.305 e. The predicted molar refractivity (Wildman–Crippen MR) is 55.3 cm³/mol. The molecule has 0 saturated carbocycles. The molecular formula is C11H15N2. The van der Waals surface area contributed by atoms with Gasteiger partial charge in [0.15, 0.2) is 0 Å². The number of hydrogen-bond donors (Lipinski definition) is 1. The van der Waals surface area contributed by atoms with Crippen molar-refractivity contribution in [1.29, 1.82) is 0 Å². The Morgan fingerprint density at radius 2 is 2.08 bits per heavy atom.